The molecule has 2 aromatic carbocycles. The molecule has 7 heteroatoms. The van der Waals surface area contributed by atoms with Gasteiger partial charge in [-0.25, -0.2) is 0 Å². The van der Waals surface area contributed by atoms with Crippen molar-refractivity contribution in [3.63, 3.8) is 0 Å². The molecule has 0 aromatic heterocycles. The van der Waals surface area contributed by atoms with Crippen molar-refractivity contribution in [1.29, 1.82) is 0 Å². The second-order valence-corrected chi connectivity index (χ2v) is 7.73. The number of carbonyl (C=O) groups is 2. The quantitative estimate of drug-likeness (QED) is 0.697. The van der Waals surface area contributed by atoms with Crippen LogP contribution in [0.4, 0.5) is 5.69 Å². The molecule has 0 aliphatic heterocycles. The van der Waals surface area contributed by atoms with Gasteiger partial charge in [0.2, 0.25) is 11.8 Å². The lowest BCUT2D eigenvalue weighted by atomic mass is 10.1. The van der Waals surface area contributed by atoms with Gasteiger partial charge in [0.1, 0.15) is 0 Å². The van der Waals surface area contributed by atoms with Gasteiger partial charge in [-0.2, -0.15) is 0 Å². The Morgan fingerprint density at radius 2 is 1.82 bits per heavy atom. The van der Waals surface area contributed by atoms with Crippen LogP contribution in [0.25, 0.3) is 0 Å². The zero-order chi connectivity index (χ0) is 20.8. The van der Waals surface area contributed by atoms with Crippen LogP contribution in [-0.4, -0.2) is 36.9 Å². The highest BCUT2D eigenvalue weighted by Gasteiger charge is 2.16. The highest BCUT2D eigenvalue weighted by atomic mass is 35.5. The van der Waals surface area contributed by atoms with E-state index in [9.17, 15) is 9.59 Å². The lowest BCUT2D eigenvalue weighted by Gasteiger charge is -2.20. The maximum Gasteiger partial charge on any atom is 0.243 e. The van der Waals surface area contributed by atoms with Crippen molar-refractivity contribution in [2.75, 3.05) is 25.5 Å². The van der Waals surface area contributed by atoms with Gasteiger partial charge in [0.05, 0.1) is 13.1 Å². The number of carbonyl (C=O) groups excluding carboxylic acids is 2. The SMILES string of the molecule is Cc1ccc(C)c(NC(=O)CN(C)C(=O)CN[C@@H](C)c2ccc(Cl)cc2Cl)c1. The number of aryl methyl sites for hydroxylation is 2. The Morgan fingerprint density at radius 1 is 1.11 bits per heavy atom. The molecule has 0 radical (unpaired) electrons. The van der Waals surface area contributed by atoms with Crippen LogP contribution in [0, 0.1) is 13.8 Å². The molecule has 0 bridgehead atoms. The van der Waals surface area contributed by atoms with Crippen LogP contribution in [0.2, 0.25) is 10.0 Å². The Bertz CT molecular complexity index is 871. The molecule has 2 aromatic rings. The van der Waals surface area contributed by atoms with Gasteiger partial charge in [-0.15, -0.1) is 0 Å². The first kappa shape index (κ1) is 22.2. The standard InChI is InChI=1S/C21H25Cl2N3O2/c1-13-5-6-14(2)19(9-13)25-20(27)12-26(4)21(28)11-24-15(3)17-8-7-16(22)10-18(17)23/h5-10,15,24H,11-12H2,1-4H3,(H,25,27)/t15-/m0/s1. The summed E-state index contributed by atoms with van der Waals surface area (Å²) in [7, 11) is 1.60. The lowest BCUT2D eigenvalue weighted by molar-refractivity contribution is -0.132. The molecule has 0 spiro atoms. The number of anilines is 1. The molecule has 2 N–H and O–H groups in total. The van der Waals surface area contributed by atoms with Gasteiger partial charge in [-0.1, -0.05) is 41.4 Å². The highest BCUT2D eigenvalue weighted by molar-refractivity contribution is 6.35. The van der Waals surface area contributed by atoms with E-state index >= 15 is 0 Å². The summed E-state index contributed by atoms with van der Waals surface area (Å²) in [6.07, 6.45) is 0. The highest BCUT2D eigenvalue weighted by Crippen LogP contribution is 2.26. The lowest BCUT2D eigenvalue weighted by Crippen LogP contribution is -2.40. The van der Waals surface area contributed by atoms with E-state index in [4.69, 9.17) is 23.2 Å². The normalized spacial score (nSPS) is 11.8. The molecule has 0 aliphatic carbocycles. The molecule has 0 saturated heterocycles. The summed E-state index contributed by atoms with van der Waals surface area (Å²) in [6.45, 7) is 5.87. The van der Waals surface area contributed by atoms with Gasteiger partial charge in [-0.3, -0.25) is 9.59 Å². The first-order chi connectivity index (χ1) is 13.2. The molecular weight excluding hydrogens is 397 g/mol. The molecule has 28 heavy (non-hydrogen) atoms. The van der Waals surface area contributed by atoms with Crippen LogP contribution in [0.5, 0.6) is 0 Å². The number of nitrogens with zero attached hydrogens (tertiary/aromatic N) is 1. The summed E-state index contributed by atoms with van der Waals surface area (Å²) in [5.74, 6) is -0.425. The van der Waals surface area contributed by atoms with Crippen molar-refractivity contribution in [1.82, 2.24) is 10.2 Å². The fourth-order valence-corrected chi connectivity index (χ4v) is 3.27. The van der Waals surface area contributed by atoms with E-state index in [1.807, 2.05) is 45.0 Å². The number of likely N-dealkylation sites (N-methyl/N-ethyl adjacent to an activating group) is 1. The number of nitrogens with one attached hydrogen (secondary N) is 2. The molecule has 0 heterocycles. The molecule has 2 rings (SSSR count). The van der Waals surface area contributed by atoms with Crippen LogP contribution in [-0.2, 0) is 9.59 Å². The largest absolute Gasteiger partial charge is 0.335 e. The van der Waals surface area contributed by atoms with E-state index in [1.54, 1.807) is 19.2 Å². The van der Waals surface area contributed by atoms with Crippen molar-refractivity contribution >= 4 is 40.7 Å². The number of hydrogen-bond acceptors (Lipinski definition) is 3. The van der Waals surface area contributed by atoms with Crippen molar-refractivity contribution in [3.05, 3.63) is 63.1 Å². The van der Waals surface area contributed by atoms with E-state index < -0.39 is 0 Å². The fraction of sp³-hybridized carbons (Fsp3) is 0.333. The van der Waals surface area contributed by atoms with Crippen molar-refractivity contribution in [2.24, 2.45) is 0 Å². The maximum absolute atomic E-state index is 12.4. The monoisotopic (exact) mass is 421 g/mol. The first-order valence-electron chi connectivity index (χ1n) is 8.96. The predicted molar refractivity (Wildman–Crippen MR) is 115 cm³/mol. The Balaban J connectivity index is 1.86. The molecule has 2 amide bonds. The van der Waals surface area contributed by atoms with E-state index in [0.717, 1.165) is 22.4 Å². The Labute approximate surface area is 176 Å². The molecular formula is C21H25Cl2N3O2. The zero-order valence-electron chi connectivity index (χ0n) is 16.5. The molecule has 0 fully saturated rings. The van der Waals surface area contributed by atoms with Gasteiger partial charge >= 0.3 is 0 Å². The van der Waals surface area contributed by atoms with E-state index in [-0.39, 0.29) is 30.9 Å². The molecule has 5 nitrogen and oxygen atoms in total. The summed E-state index contributed by atoms with van der Waals surface area (Å²) in [6, 6.07) is 11.0. The predicted octanol–water partition coefficient (Wildman–Crippen LogP) is 4.36. The van der Waals surface area contributed by atoms with Crippen LogP contribution in [0.1, 0.15) is 29.7 Å². The zero-order valence-corrected chi connectivity index (χ0v) is 18.0. The maximum atomic E-state index is 12.4. The number of rotatable bonds is 7. The van der Waals surface area contributed by atoms with E-state index in [1.165, 1.54) is 4.90 Å². The van der Waals surface area contributed by atoms with E-state index in [0.29, 0.717) is 10.0 Å². The van der Waals surface area contributed by atoms with Crippen LogP contribution >= 0.6 is 23.2 Å². The molecule has 0 saturated carbocycles. The number of benzene rings is 2. The smallest absolute Gasteiger partial charge is 0.243 e. The van der Waals surface area contributed by atoms with Gasteiger partial charge in [0, 0.05) is 28.8 Å². The summed E-state index contributed by atoms with van der Waals surface area (Å²) in [5, 5.41) is 7.09. The number of halogens is 2. The Kier molecular flexibility index (Phi) is 7.87. The second-order valence-electron chi connectivity index (χ2n) is 6.88. The minimum absolute atomic E-state index is 0.0238. The number of amides is 2. The Morgan fingerprint density at radius 3 is 2.50 bits per heavy atom. The van der Waals surface area contributed by atoms with Crippen LogP contribution in [0.15, 0.2) is 36.4 Å². The van der Waals surface area contributed by atoms with Crippen molar-refractivity contribution in [3.8, 4) is 0 Å². The minimum Gasteiger partial charge on any atom is -0.335 e. The van der Waals surface area contributed by atoms with Gasteiger partial charge in [0.15, 0.2) is 0 Å². The Hall–Kier alpha value is -2.08. The van der Waals surface area contributed by atoms with E-state index in [2.05, 4.69) is 10.6 Å². The first-order valence-corrected chi connectivity index (χ1v) is 9.72. The van der Waals surface area contributed by atoms with Crippen molar-refractivity contribution < 1.29 is 9.59 Å². The minimum atomic E-state index is -0.238. The summed E-state index contributed by atoms with van der Waals surface area (Å²) < 4.78 is 0. The summed E-state index contributed by atoms with van der Waals surface area (Å²) in [4.78, 5) is 26.0. The van der Waals surface area contributed by atoms with Gasteiger partial charge < -0.3 is 15.5 Å². The molecule has 150 valence electrons. The van der Waals surface area contributed by atoms with Crippen molar-refractivity contribution in [2.45, 2.75) is 26.8 Å². The van der Waals surface area contributed by atoms with Crippen LogP contribution in [0.3, 0.4) is 0 Å². The number of hydrogen-bond donors (Lipinski definition) is 2. The van der Waals surface area contributed by atoms with Gasteiger partial charge in [-0.05, 0) is 55.7 Å². The molecule has 0 aliphatic rings. The average molecular weight is 422 g/mol. The third-order valence-electron chi connectivity index (χ3n) is 4.46. The third kappa shape index (κ3) is 6.23. The van der Waals surface area contributed by atoms with Gasteiger partial charge in [0.25, 0.3) is 0 Å². The molecule has 1 atom stereocenters. The topological polar surface area (TPSA) is 61.4 Å². The summed E-state index contributed by atoms with van der Waals surface area (Å²) >= 11 is 12.1. The fourth-order valence-electron chi connectivity index (χ4n) is 2.70. The average Bonchev–Trinajstić information content (AvgIpc) is 2.62. The second kappa shape index (κ2) is 9.92. The third-order valence-corrected chi connectivity index (χ3v) is 5.02. The van der Waals surface area contributed by atoms with Crippen LogP contribution < -0.4 is 10.6 Å². The molecule has 0 unspecified atom stereocenters. The summed E-state index contributed by atoms with van der Waals surface area (Å²) in [5.41, 5.74) is 3.65.